The third-order valence-corrected chi connectivity index (χ3v) is 3.02. The van der Waals surface area contributed by atoms with Crippen molar-refractivity contribution < 1.29 is 13.6 Å². The van der Waals surface area contributed by atoms with Crippen molar-refractivity contribution in [3.05, 3.63) is 0 Å². The van der Waals surface area contributed by atoms with Crippen LogP contribution in [0.5, 0.6) is 0 Å². The van der Waals surface area contributed by atoms with Gasteiger partial charge in [-0.15, -0.1) is 0 Å². The maximum atomic E-state index is 11.1. The highest BCUT2D eigenvalue weighted by molar-refractivity contribution is 7.53. The molecule has 1 fully saturated rings. The van der Waals surface area contributed by atoms with E-state index in [0.29, 0.717) is 19.1 Å². The van der Waals surface area contributed by atoms with Crippen LogP contribution in [-0.4, -0.2) is 19.9 Å². The van der Waals surface area contributed by atoms with Crippen molar-refractivity contribution >= 4 is 7.60 Å². The second kappa shape index (κ2) is 3.70. The fourth-order valence-electron chi connectivity index (χ4n) is 1.14. The number of rotatable bonds is 2. The van der Waals surface area contributed by atoms with Crippen molar-refractivity contribution in [3.63, 3.8) is 0 Å². The summed E-state index contributed by atoms with van der Waals surface area (Å²) in [5.41, 5.74) is 0. The minimum Gasteiger partial charge on any atom is -0.308 e. The molecule has 0 atom stereocenters. The second-order valence-electron chi connectivity index (χ2n) is 3.02. The van der Waals surface area contributed by atoms with E-state index < -0.39 is 7.60 Å². The summed E-state index contributed by atoms with van der Waals surface area (Å²) in [6.07, 6.45) is 2.23. The van der Waals surface area contributed by atoms with E-state index in [-0.39, 0.29) is 0 Å². The smallest absolute Gasteiger partial charge is 0.308 e. The zero-order valence-corrected chi connectivity index (χ0v) is 7.97. The molecule has 0 saturated carbocycles. The molecule has 0 radical (unpaired) electrons. The lowest BCUT2D eigenvalue weighted by molar-refractivity contribution is 0.0911. The van der Waals surface area contributed by atoms with Crippen LogP contribution in [0.2, 0.25) is 0 Å². The van der Waals surface area contributed by atoms with Gasteiger partial charge in [0.05, 0.1) is 13.2 Å². The summed E-state index contributed by atoms with van der Waals surface area (Å²) in [6.45, 7) is 4.85. The standard InChI is InChI=1S/C7H15O3P/c1-3-4-7-5-9-11(2,8)10-6-7/h7H,3-6H2,1-2H3. The first kappa shape index (κ1) is 9.24. The van der Waals surface area contributed by atoms with Gasteiger partial charge in [0.25, 0.3) is 0 Å². The Kier molecular flexibility index (Phi) is 3.11. The Hall–Kier alpha value is 0.150. The third-order valence-electron chi connectivity index (χ3n) is 1.79. The molecule has 3 nitrogen and oxygen atoms in total. The molecule has 1 aliphatic heterocycles. The lowest BCUT2D eigenvalue weighted by atomic mass is 10.1. The van der Waals surface area contributed by atoms with Gasteiger partial charge in [0.15, 0.2) is 0 Å². The van der Waals surface area contributed by atoms with Gasteiger partial charge < -0.3 is 9.05 Å². The molecule has 0 aliphatic carbocycles. The summed E-state index contributed by atoms with van der Waals surface area (Å²) < 4.78 is 21.3. The zero-order chi connectivity index (χ0) is 8.32. The lowest BCUT2D eigenvalue weighted by Gasteiger charge is -2.26. The Morgan fingerprint density at radius 3 is 2.45 bits per heavy atom. The predicted octanol–water partition coefficient (Wildman–Crippen LogP) is 2.27. The molecule has 1 saturated heterocycles. The average molecular weight is 178 g/mol. The van der Waals surface area contributed by atoms with Crippen LogP contribution in [-0.2, 0) is 13.6 Å². The van der Waals surface area contributed by atoms with E-state index in [1.165, 1.54) is 6.66 Å². The highest BCUT2D eigenvalue weighted by Gasteiger charge is 2.26. The van der Waals surface area contributed by atoms with Crippen LogP contribution in [0.15, 0.2) is 0 Å². The Bertz CT molecular complexity index is 157. The first-order chi connectivity index (χ1) is 5.14. The minimum atomic E-state index is -2.65. The average Bonchev–Trinajstić information content (AvgIpc) is 1.94. The number of hydrogen-bond donors (Lipinski definition) is 0. The Morgan fingerprint density at radius 2 is 2.00 bits per heavy atom. The monoisotopic (exact) mass is 178 g/mol. The molecule has 0 N–H and O–H groups in total. The van der Waals surface area contributed by atoms with Crippen molar-refractivity contribution in [1.82, 2.24) is 0 Å². The molecule has 1 heterocycles. The largest absolute Gasteiger partial charge is 0.327 e. The van der Waals surface area contributed by atoms with Crippen LogP contribution < -0.4 is 0 Å². The summed E-state index contributed by atoms with van der Waals surface area (Å²) >= 11 is 0. The van der Waals surface area contributed by atoms with E-state index in [9.17, 15) is 4.57 Å². The van der Waals surface area contributed by atoms with Gasteiger partial charge in [0.2, 0.25) is 0 Å². The summed E-state index contributed by atoms with van der Waals surface area (Å²) in [5.74, 6) is 0.446. The van der Waals surface area contributed by atoms with Gasteiger partial charge in [-0.25, -0.2) is 0 Å². The minimum absolute atomic E-state index is 0.446. The van der Waals surface area contributed by atoms with Gasteiger partial charge in [0.1, 0.15) is 0 Å². The van der Waals surface area contributed by atoms with Crippen LogP contribution in [0.1, 0.15) is 19.8 Å². The highest BCUT2D eigenvalue weighted by atomic mass is 31.2. The SMILES string of the molecule is CCCC1COP(C)(=O)OC1. The summed E-state index contributed by atoms with van der Waals surface area (Å²) in [4.78, 5) is 0. The van der Waals surface area contributed by atoms with Crippen molar-refractivity contribution in [2.75, 3.05) is 19.9 Å². The highest BCUT2D eigenvalue weighted by Crippen LogP contribution is 2.47. The predicted molar refractivity (Wildman–Crippen MR) is 43.8 cm³/mol. The zero-order valence-electron chi connectivity index (χ0n) is 7.08. The summed E-state index contributed by atoms with van der Waals surface area (Å²) in [6, 6.07) is 0. The molecule has 0 unspecified atom stereocenters. The van der Waals surface area contributed by atoms with Crippen molar-refractivity contribution in [2.45, 2.75) is 19.8 Å². The van der Waals surface area contributed by atoms with Gasteiger partial charge in [-0.1, -0.05) is 13.3 Å². The van der Waals surface area contributed by atoms with E-state index in [0.717, 1.165) is 12.8 Å². The molecule has 0 spiro atoms. The van der Waals surface area contributed by atoms with Gasteiger partial charge in [0, 0.05) is 12.6 Å². The molecule has 4 heteroatoms. The number of hydrogen-bond acceptors (Lipinski definition) is 3. The Morgan fingerprint density at radius 1 is 1.45 bits per heavy atom. The second-order valence-corrected chi connectivity index (χ2v) is 5.08. The molecule has 1 aliphatic rings. The first-order valence-corrected chi connectivity index (χ1v) is 5.99. The fraction of sp³-hybridized carbons (Fsp3) is 1.00. The van der Waals surface area contributed by atoms with E-state index in [2.05, 4.69) is 6.92 Å². The quantitative estimate of drug-likeness (QED) is 0.608. The van der Waals surface area contributed by atoms with E-state index in [1.807, 2.05) is 0 Å². The molecule has 0 bridgehead atoms. The van der Waals surface area contributed by atoms with E-state index in [4.69, 9.17) is 9.05 Å². The van der Waals surface area contributed by atoms with Gasteiger partial charge in [-0.05, 0) is 6.42 Å². The summed E-state index contributed by atoms with van der Waals surface area (Å²) in [5, 5.41) is 0. The van der Waals surface area contributed by atoms with E-state index >= 15 is 0 Å². The van der Waals surface area contributed by atoms with Crippen molar-refractivity contribution in [1.29, 1.82) is 0 Å². The molecule has 0 aromatic heterocycles. The molecule has 0 aromatic carbocycles. The lowest BCUT2D eigenvalue weighted by Crippen LogP contribution is -2.20. The first-order valence-electron chi connectivity index (χ1n) is 4.00. The Balaban J connectivity index is 2.30. The molecular weight excluding hydrogens is 163 g/mol. The maximum Gasteiger partial charge on any atom is 0.327 e. The van der Waals surface area contributed by atoms with Crippen LogP contribution in [0, 0.1) is 5.92 Å². The van der Waals surface area contributed by atoms with E-state index in [1.54, 1.807) is 0 Å². The third kappa shape index (κ3) is 2.94. The fourth-order valence-corrected chi connectivity index (χ4v) is 2.18. The van der Waals surface area contributed by atoms with Crippen LogP contribution >= 0.6 is 7.60 Å². The van der Waals surface area contributed by atoms with Crippen LogP contribution in [0.4, 0.5) is 0 Å². The topological polar surface area (TPSA) is 35.5 Å². The van der Waals surface area contributed by atoms with Crippen LogP contribution in [0.25, 0.3) is 0 Å². The molecule has 0 aromatic rings. The normalized spacial score (nSPS) is 38.9. The Labute approximate surface area is 67.6 Å². The van der Waals surface area contributed by atoms with Crippen molar-refractivity contribution in [3.8, 4) is 0 Å². The molecule has 11 heavy (non-hydrogen) atoms. The molecule has 1 rings (SSSR count). The van der Waals surface area contributed by atoms with Crippen LogP contribution in [0.3, 0.4) is 0 Å². The summed E-state index contributed by atoms with van der Waals surface area (Å²) in [7, 11) is -2.65. The molecular formula is C7H15O3P. The molecule has 66 valence electrons. The molecule has 0 amide bonds. The van der Waals surface area contributed by atoms with Gasteiger partial charge in [-0.3, -0.25) is 4.57 Å². The van der Waals surface area contributed by atoms with Crippen molar-refractivity contribution in [2.24, 2.45) is 5.92 Å². The maximum absolute atomic E-state index is 11.1. The van der Waals surface area contributed by atoms with Gasteiger partial charge in [-0.2, -0.15) is 0 Å². The van der Waals surface area contributed by atoms with Gasteiger partial charge >= 0.3 is 7.60 Å².